The number of carbonyl (C=O) groups excluding carboxylic acids is 3. The highest BCUT2D eigenvalue weighted by Gasteiger charge is 2.46. The van der Waals surface area contributed by atoms with Crippen molar-refractivity contribution in [1.29, 1.82) is 0 Å². The summed E-state index contributed by atoms with van der Waals surface area (Å²) >= 11 is 0. The molecule has 0 aliphatic rings. The topological polar surface area (TPSA) is 78.9 Å². The quantitative estimate of drug-likeness (QED) is 0.468. The molecule has 0 radical (unpaired) electrons. The van der Waals surface area contributed by atoms with Gasteiger partial charge in [-0.25, -0.2) is 0 Å². The highest BCUT2D eigenvalue weighted by atomic mass is 16.5. The first-order valence-electron chi connectivity index (χ1n) is 7.09. The zero-order chi connectivity index (χ0) is 17.8. The summed E-state index contributed by atoms with van der Waals surface area (Å²) in [5.41, 5.74) is 0.312. The Balaban J connectivity index is 3.49. The molecule has 0 fully saturated rings. The lowest BCUT2D eigenvalue weighted by molar-refractivity contribution is -0.161. The summed E-state index contributed by atoms with van der Waals surface area (Å²) in [6, 6.07) is 5.04. The van der Waals surface area contributed by atoms with Crippen molar-refractivity contribution in [2.45, 2.75) is 32.1 Å². The third-order valence-corrected chi connectivity index (χ3v) is 4.07. The number of methoxy groups -OCH3 is 3. The van der Waals surface area contributed by atoms with E-state index in [9.17, 15) is 14.4 Å². The summed E-state index contributed by atoms with van der Waals surface area (Å²) in [5, 5.41) is 0. The first kappa shape index (κ1) is 18.7. The van der Waals surface area contributed by atoms with E-state index in [1.807, 2.05) is 6.92 Å². The lowest BCUT2D eigenvalue weighted by Gasteiger charge is -2.25. The average Bonchev–Trinajstić information content (AvgIpc) is 2.58. The molecular weight excluding hydrogens is 300 g/mol. The maximum absolute atomic E-state index is 12.2. The molecule has 0 saturated carbocycles. The van der Waals surface area contributed by atoms with E-state index in [1.54, 1.807) is 25.1 Å². The Labute approximate surface area is 135 Å². The van der Waals surface area contributed by atoms with Crippen LogP contribution in [0.2, 0.25) is 0 Å². The highest BCUT2D eigenvalue weighted by molar-refractivity contribution is 6.05. The van der Waals surface area contributed by atoms with Gasteiger partial charge in [0.05, 0.1) is 27.2 Å². The molecule has 6 nitrogen and oxygen atoms in total. The average molecular weight is 322 g/mol. The van der Waals surface area contributed by atoms with Crippen LogP contribution in [-0.2, 0) is 34.0 Å². The van der Waals surface area contributed by atoms with Crippen LogP contribution >= 0.6 is 0 Å². The van der Waals surface area contributed by atoms with Gasteiger partial charge in [0.15, 0.2) is 5.41 Å². The van der Waals surface area contributed by atoms with Crippen molar-refractivity contribution in [3.05, 3.63) is 34.9 Å². The first-order valence-corrected chi connectivity index (χ1v) is 7.09. The van der Waals surface area contributed by atoms with E-state index >= 15 is 0 Å². The van der Waals surface area contributed by atoms with E-state index < -0.39 is 29.2 Å². The molecule has 1 rings (SSSR count). The molecule has 0 aromatic heterocycles. The number of hydrogen-bond acceptors (Lipinski definition) is 6. The Hall–Kier alpha value is -2.37. The van der Waals surface area contributed by atoms with Crippen molar-refractivity contribution in [2.24, 2.45) is 0 Å². The minimum atomic E-state index is -1.61. The van der Waals surface area contributed by atoms with Gasteiger partial charge in [0, 0.05) is 0 Å². The van der Waals surface area contributed by atoms with E-state index in [1.165, 1.54) is 28.3 Å². The third kappa shape index (κ3) is 3.36. The number of benzene rings is 1. The molecule has 6 heteroatoms. The van der Waals surface area contributed by atoms with Crippen molar-refractivity contribution >= 4 is 17.9 Å². The summed E-state index contributed by atoms with van der Waals surface area (Å²) in [5.74, 6) is -2.39. The van der Waals surface area contributed by atoms with Crippen LogP contribution in [0.1, 0.15) is 36.5 Å². The van der Waals surface area contributed by atoms with Crippen LogP contribution < -0.4 is 0 Å². The lowest BCUT2D eigenvalue weighted by Crippen LogP contribution is -2.42. The van der Waals surface area contributed by atoms with E-state index in [0.29, 0.717) is 11.1 Å². The Morgan fingerprint density at radius 3 is 1.96 bits per heavy atom. The number of rotatable bonds is 5. The minimum absolute atomic E-state index is 0.396. The van der Waals surface area contributed by atoms with Gasteiger partial charge in [-0.15, -0.1) is 0 Å². The molecule has 1 aromatic rings. The van der Waals surface area contributed by atoms with Crippen molar-refractivity contribution < 1.29 is 28.6 Å². The third-order valence-electron chi connectivity index (χ3n) is 4.07. The monoisotopic (exact) mass is 322 g/mol. The van der Waals surface area contributed by atoms with Gasteiger partial charge in [0.2, 0.25) is 0 Å². The van der Waals surface area contributed by atoms with E-state index in [4.69, 9.17) is 14.2 Å². The fourth-order valence-corrected chi connectivity index (χ4v) is 2.45. The number of aryl methyl sites for hydroxylation is 1. The summed E-state index contributed by atoms with van der Waals surface area (Å²) in [6.07, 6.45) is 0. The normalized spacial score (nSPS) is 12.3. The van der Waals surface area contributed by atoms with Crippen LogP contribution in [0.15, 0.2) is 18.2 Å². The van der Waals surface area contributed by atoms with Crippen LogP contribution in [0.5, 0.6) is 0 Å². The van der Waals surface area contributed by atoms with E-state index in [0.717, 1.165) is 5.56 Å². The van der Waals surface area contributed by atoms with Gasteiger partial charge < -0.3 is 14.2 Å². The van der Waals surface area contributed by atoms with Crippen LogP contribution in [0.4, 0.5) is 0 Å². The van der Waals surface area contributed by atoms with Crippen molar-refractivity contribution in [3.63, 3.8) is 0 Å². The first-order chi connectivity index (χ1) is 10.7. The molecule has 0 heterocycles. The molecule has 0 saturated heterocycles. The largest absolute Gasteiger partial charge is 0.469 e. The molecule has 0 amide bonds. The number of hydrogen-bond donors (Lipinski definition) is 0. The molecule has 0 aliphatic carbocycles. The summed E-state index contributed by atoms with van der Waals surface area (Å²) in [4.78, 5) is 36.2. The zero-order valence-corrected chi connectivity index (χ0v) is 14.3. The second-order valence-corrected chi connectivity index (χ2v) is 5.42. The molecule has 1 unspecified atom stereocenters. The second kappa shape index (κ2) is 7.26. The molecule has 0 bridgehead atoms. The standard InChI is InChI=1S/C17H22O6/c1-10-7-8-12(9-13(10)11(2)14(18)21-4)17(3,15(19)22-5)16(20)23-6/h7-9,11H,1-6H3. The smallest absolute Gasteiger partial charge is 0.327 e. The van der Waals surface area contributed by atoms with E-state index in [2.05, 4.69) is 0 Å². The van der Waals surface area contributed by atoms with E-state index in [-0.39, 0.29) is 0 Å². The maximum Gasteiger partial charge on any atom is 0.327 e. The van der Waals surface area contributed by atoms with Crippen molar-refractivity contribution in [2.75, 3.05) is 21.3 Å². The van der Waals surface area contributed by atoms with Gasteiger partial charge in [-0.1, -0.05) is 18.2 Å². The van der Waals surface area contributed by atoms with Gasteiger partial charge in [-0.3, -0.25) is 14.4 Å². The van der Waals surface area contributed by atoms with Crippen molar-refractivity contribution in [1.82, 2.24) is 0 Å². The van der Waals surface area contributed by atoms with Gasteiger partial charge >= 0.3 is 17.9 Å². The van der Waals surface area contributed by atoms with Gasteiger partial charge in [-0.05, 0) is 37.5 Å². The number of carbonyl (C=O) groups is 3. The SMILES string of the molecule is COC(=O)C(C)c1cc(C(C)(C(=O)OC)C(=O)OC)ccc1C. The summed E-state index contributed by atoms with van der Waals surface area (Å²) < 4.78 is 14.3. The maximum atomic E-state index is 12.2. The number of esters is 3. The predicted octanol–water partition coefficient (Wildman–Crippen LogP) is 1.88. The van der Waals surface area contributed by atoms with Gasteiger partial charge in [0.1, 0.15) is 0 Å². The summed E-state index contributed by atoms with van der Waals surface area (Å²) in [7, 11) is 3.72. The Kier molecular flexibility index (Phi) is 5.90. The Bertz CT molecular complexity index is 604. The predicted molar refractivity (Wildman–Crippen MR) is 83.0 cm³/mol. The fourth-order valence-electron chi connectivity index (χ4n) is 2.45. The fraction of sp³-hybridized carbons (Fsp3) is 0.471. The molecule has 0 N–H and O–H groups in total. The van der Waals surface area contributed by atoms with Crippen LogP contribution in [0.3, 0.4) is 0 Å². The molecular formula is C17H22O6. The van der Waals surface area contributed by atoms with Crippen LogP contribution in [-0.4, -0.2) is 39.2 Å². The van der Waals surface area contributed by atoms with Crippen LogP contribution in [0.25, 0.3) is 0 Å². The second-order valence-electron chi connectivity index (χ2n) is 5.42. The molecule has 1 aromatic carbocycles. The Morgan fingerprint density at radius 1 is 1.00 bits per heavy atom. The molecule has 0 aliphatic heterocycles. The van der Waals surface area contributed by atoms with Crippen molar-refractivity contribution in [3.8, 4) is 0 Å². The molecule has 126 valence electrons. The van der Waals surface area contributed by atoms with Crippen LogP contribution in [0, 0.1) is 6.92 Å². The zero-order valence-electron chi connectivity index (χ0n) is 14.3. The Morgan fingerprint density at radius 2 is 1.52 bits per heavy atom. The van der Waals surface area contributed by atoms with Gasteiger partial charge in [0.25, 0.3) is 0 Å². The molecule has 23 heavy (non-hydrogen) atoms. The summed E-state index contributed by atoms with van der Waals surface area (Å²) in [6.45, 7) is 4.97. The lowest BCUT2D eigenvalue weighted by atomic mass is 9.80. The highest BCUT2D eigenvalue weighted by Crippen LogP contribution is 2.31. The van der Waals surface area contributed by atoms with Gasteiger partial charge in [-0.2, -0.15) is 0 Å². The molecule has 0 spiro atoms. The number of ether oxygens (including phenoxy) is 3. The molecule has 1 atom stereocenters. The minimum Gasteiger partial charge on any atom is -0.469 e.